The van der Waals surface area contributed by atoms with Crippen molar-refractivity contribution < 1.29 is 14.7 Å². The van der Waals surface area contributed by atoms with Crippen LogP contribution in [0.5, 0.6) is 0 Å². The van der Waals surface area contributed by atoms with Crippen molar-refractivity contribution in [1.29, 1.82) is 0 Å². The Balaban J connectivity index is 1.62. The fourth-order valence-electron chi connectivity index (χ4n) is 3.37. The second kappa shape index (κ2) is 7.70. The fourth-order valence-corrected chi connectivity index (χ4v) is 3.37. The number of rotatable bonds is 6. The lowest BCUT2D eigenvalue weighted by Gasteiger charge is -2.46. The van der Waals surface area contributed by atoms with Crippen molar-refractivity contribution in [3.63, 3.8) is 0 Å². The molecule has 1 heterocycles. The number of carbonyl (C=O) groups excluding carboxylic acids is 2. The van der Waals surface area contributed by atoms with Crippen LogP contribution in [0.15, 0.2) is 48.5 Å². The highest BCUT2D eigenvalue weighted by atomic mass is 16.3. The van der Waals surface area contributed by atoms with Crippen LogP contribution < -0.4 is 5.32 Å². The van der Waals surface area contributed by atoms with Gasteiger partial charge in [-0.05, 0) is 30.5 Å². The number of amides is 2. The Morgan fingerprint density at radius 2 is 1.88 bits per heavy atom. The van der Waals surface area contributed by atoms with Gasteiger partial charge in [-0.3, -0.25) is 9.59 Å². The SMILES string of the molecule is Cc1ccc(CN2C(=O)[C@@H](NC(=O)Cc3ccccc3)[C@H]2CO)c(C)c1. The standard InChI is InChI=1S/C21H24N2O3/c1-14-8-9-17(15(2)10-14)12-23-18(13-24)20(21(23)26)22-19(25)11-16-6-4-3-5-7-16/h3-10,18,20,24H,11-13H2,1-2H3,(H,22,25)/t18-,20+/m1/s1. The fraction of sp³-hybridized carbons (Fsp3) is 0.333. The predicted octanol–water partition coefficient (Wildman–Crippen LogP) is 1.73. The summed E-state index contributed by atoms with van der Waals surface area (Å²) in [5.74, 6) is -0.357. The van der Waals surface area contributed by atoms with E-state index in [4.69, 9.17) is 0 Å². The summed E-state index contributed by atoms with van der Waals surface area (Å²) in [5, 5.41) is 12.5. The van der Waals surface area contributed by atoms with Crippen molar-refractivity contribution in [2.75, 3.05) is 6.61 Å². The topological polar surface area (TPSA) is 69.6 Å². The third kappa shape index (κ3) is 3.78. The lowest BCUT2D eigenvalue weighted by Crippen LogP contribution is -2.71. The van der Waals surface area contributed by atoms with Crippen molar-refractivity contribution >= 4 is 11.8 Å². The van der Waals surface area contributed by atoms with Crippen LogP contribution in [-0.4, -0.2) is 40.5 Å². The summed E-state index contributed by atoms with van der Waals surface area (Å²) in [6, 6.07) is 14.4. The van der Waals surface area contributed by atoms with Crippen LogP contribution in [0, 0.1) is 13.8 Å². The molecule has 2 amide bonds. The maximum absolute atomic E-state index is 12.5. The molecule has 2 N–H and O–H groups in total. The van der Waals surface area contributed by atoms with Gasteiger partial charge < -0.3 is 15.3 Å². The van der Waals surface area contributed by atoms with E-state index in [1.54, 1.807) is 4.90 Å². The first-order valence-corrected chi connectivity index (χ1v) is 8.80. The number of nitrogens with one attached hydrogen (secondary N) is 1. The van der Waals surface area contributed by atoms with Gasteiger partial charge in [0.1, 0.15) is 6.04 Å². The van der Waals surface area contributed by atoms with Gasteiger partial charge >= 0.3 is 0 Å². The Bertz CT molecular complexity index is 804. The molecule has 0 unspecified atom stereocenters. The van der Waals surface area contributed by atoms with Gasteiger partial charge in [0.2, 0.25) is 11.8 Å². The minimum atomic E-state index is -0.651. The maximum atomic E-state index is 12.5. The van der Waals surface area contributed by atoms with E-state index in [-0.39, 0.29) is 30.9 Å². The van der Waals surface area contributed by atoms with E-state index >= 15 is 0 Å². The Hall–Kier alpha value is -2.66. The minimum absolute atomic E-state index is 0.148. The van der Waals surface area contributed by atoms with Crippen LogP contribution in [0.25, 0.3) is 0 Å². The average Bonchev–Trinajstić information content (AvgIpc) is 2.62. The molecule has 0 radical (unpaired) electrons. The lowest BCUT2D eigenvalue weighted by atomic mass is 9.93. The summed E-state index contributed by atoms with van der Waals surface area (Å²) in [6.45, 7) is 4.31. The van der Waals surface area contributed by atoms with Crippen molar-refractivity contribution in [2.24, 2.45) is 0 Å². The summed E-state index contributed by atoms with van der Waals surface area (Å²) in [4.78, 5) is 26.3. The number of hydrogen-bond acceptors (Lipinski definition) is 3. The Morgan fingerprint density at radius 3 is 2.54 bits per heavy atom. The van der Waals surface area contributed by atoms with Crippen LogP contribution in [-0.2, 0) is 22.6 Å². The van der Waals surface area contributed by atoms with Crippen LogP contribution >= 0.6 is 0 Å². The molecule has 0 aromatic heterocycles. The van der Waals surface area contributed by atoms with Gasteiger partial charge in [0, 0.05) is 6.54 Å². The number of carbonyl (C=O) groups is 2. The zero-order chi connectivity index (χ0) is 18.7. The highest BCUT2D eigenvalue weighted by molar-refractivity contribution is 5.94. The molecule has 0 aliphatic carbocycles. The zero-order valence-electron chi connectivity index (χ0n) is 15.1. The summed E-state index contributed by atoms with van der Waals surface area (Å²) < 4.78 is 0. The summed E-state index contributed by atoms with van der Waals surface area (Å²) in [6.07, 6.45) is 0.222. The van der Waals surface area contributed by atoms with Crippen LogP contribution in [0.3, 0.4) is 0 Å². The number of hydrogen-bond donors (Lipinski definition) is 2. The number of benzene rings is 2. The quantitative estimate of drug-likeness (QED) is 0.778. The molecule has 0 bridgehead atoms. The largest absolute Gasteiger partial charge is 0.394 e. The number of likely N-dealkylation sites (tertiary alicyclic amines) is 1. The Morgan fingerprint density at radius 1 is 1.15 bits per heavy atom. The van der Waals surface area contributed by atoms with Crippen LogP contribution in [0.4, 0.5) is 0 Å². The van der Waals surface area contributed by atoms with Gasteiger partial charge in [-0.15, -0.1) is 0 Å². The summed E-state index contributed by atoms with van der Waals surface area (Å²) >= 11 is 0. The van der Waals surface area contributed by atoms with Crippen molar-refractivity contribution in [1.82, 2.24) is 10.2 Å². The maximum Gasteiger partial charge on any atom is 0.248 e. The summed E-state index contributed by atoms with van der Waals surface area (Å²) in [7, 11) is 0. The minimum Gasteiger partial charge on any atom is -0.394 e. The van der Waals surface area contributed by atoms with E-state index in [9.17, 15) is 14.7 Å². The molecule has 2 aromatic carbocycles. The second-order valence-electron chi connectivity index (χ2n) is 6.85. The molecule has 2 aromatic rings. The van der Waals surface area contributed by atoms with Gasteiger partial charge in [0.25, 0.3) is 0 Å². The van der Waals surface area contributed by atoms with E-state index in [2.05, 4.69) is 11.4 Å². The molecule has 5 heteroatoms. The molecule has 136 valence electrons. The number of aliphatic hydroxyl groups is 1. The molecule has 1 aliphatic heterocycles. The molecule has 1 fully saturated rings. The lowest BCUT2D eigenvalue weighted by molar-refractivity contribution is -0.157. The van der Waals surface area contributed by atoms with Crippen molar-refractivity contribution in [3.8, 4) is 0 Å². The highest BCUT2D eigenvalue weighted by Gasteiger charge is 2.47. The van der Waals surface area contributed by atoms with Gasteiger partial charge in [0.05, 0.1) is 19.1 Å². The van der Waals surface area contributed by atoms with Gasteiger partial charge in [0.15, 0.2) is 0 Å². The van der Waals surface area contributed by atoms with Crippen LogP contribution in [0.2, 0.25) is 0 Å². The molecule has 1 aliphatic rings. The molecule has 0 saturated carbocycles. The number of aliphatic hydroxyl groups excluding tert-OH is 1. The van der Waals surface area contributed by atoms with Crippen molar-refractivity contribution in [3.05, 3.63) is 70.8 Å². The Labute approximate surface area is 153 Å². The third-order valence-electron chi connectivity index (χ3n) is 4.88. The smallest absolute Gasteiger partial charge is 0.248 e. The van der Waals surface area contributed by atoms with Crippen LogP contribution in [0.1, 0.15) is 22.3 Å². The first-order valence-electron chi connectivity index (χ1n) is 8.80. The molecule has 1 saturated heterocycles. The van der Waals surface area contributed by atoms with E-state index in [1.807, 2.05) is 56.3 Å². The summed E-state index contributed by atoms with van der Waals surface area (Å²) in [5.41, 5.74) is 4.23. The molecular formula is C21H24N2O3. The van der Waals surface area contributed by atoms with Gasteiger partial charge in [-0.25, -0.2) is 0 Å². The van der Waals surface area contributed by atoms with E-state index < -0.39 is 6.04 Å². The zero-order valence-corrected chi connectivity index (χ0v) is 15.1. The second-order valence-corrected chi connectivity index (χ2v) is 6.85. The number of β-lactam (4-membered cyclic amide) rings is 1. The van der Waals surface area contributed by atoms with Gasteiger partial charge in [-0.2, -0.15) is 0 Å². The average molecular weight is 352 g/mol. The molecular weight excluding hydrogens is 328 g/mol. The molecule has 3 rings (SSSR count). The number of nitrogens with zero attached hydrogens (tertiary/aromatic N) is 1. The first kappa shape index (κ1) is 18.1. The Kier molecular flexibility index (Phi) is 5.38. The van der Waals surface area contributed by atoms with Crippen molar-refractivity contribution in [2.45, 2.75) is 38.9 Å². The predicted molar refractivity (Wildman–Crippen MR) is 99.4 cm³/mol. The molecule has 5 nitrogen and oxygen atoms in total. The molecule has 2 atom stereocenters. The van der Waals surface area contributed by atoms with E-state index in [0.717, 1.165) is 16.7 Å². The number of aryl methyl sites for hydroxylation is 2. The third-order valence-corrected chi connectivity index (χ3v) is 4.88. The van der Waals surface area contributed by atoms with E-state index in [1.165, 1.54) is 5.56 Å². The molecule has 26 heavy (non-hydrogen) atoms. The monoisotopic (exact) mass is 352 g/mol. The van der Waals surface area contributed by atoms with Gasteiger partial charge in [-0.1, -0.05) is 54.1 Å². The van der Waals surface area contributed by atoms with E-state index in [0.29, 0.717) is 6.54 Å². The highest BCUT2D eigenvalue weighted by Crippen LogP contribution is 2.24. The molecule has 0 spiro atoms. The first-order chi connectivity index (χ1) is 12.5. The normalized spacial score (nSPS) is 19.2.